The number of fused-ring (bicyclic) bond motifs is 2. The molecule has 0 N–H and O–H groups in total. The summed E-state index contributed by atoms with van der Waals surface area (Å²) in [6.45, 7) is 2.03. The van der Waals surface area contributed by atoms with E-state index in [9.17, 15) is 4.79 Å². The van der Waals surface area contributed by atoms with Gasteiger partial charge in [-0.05, 0) is 39.6 Å². The molecule has 0 aromatic heterocycles. The van der Waals surface area contributed by atoms with Crippen molar-refractivity contribution in [3.63, 3.8) is 0 Å². The first-order chi connectivity index (χ1) is 12.8. The number of hydrogen-bond donors (Lipinski definition) is 0. The van der Waals surface area contributed by atoms with Gasteiger partial charge in [0.2, 0.25) is 0 Å². The van der Waals surface area contributed by atoms with Gasteiger partial charge in [0, 0.05) is 0 Å². The van der Waals surface area contributed by atoms with Gasteiger partial charge in [-0.1, -0.05) is 85.8 Å². The summed E-state index contributed by atoms with van der Waals surface area (Å²) in [7, 11) is 0. The Hall–Kier alpha value is -3.13. The van der Waals surface area contributed by atoms with E-state index in [0.29, 0.717) is 5.56 Å². The van der Waals surface area contributed by atoms with Gasteiger partial charge in [-0.25, -0.2) is 4.79 Å². The van der Waals surface area contributed by atoms with Crippen LogP contribution >= 0.6 is 0 Å². The Bertz CT molecular complexity index is 1010. The minimum atomic E-state index is -0.270. The minimum absolute atomic E-state index is 0.249. The lowest BCUT2D eigenvalue weighted by Gasteiger charge is -2.18. The molecule has 26 heavy (non-hydrogen) atoms. The lowest BCUT2D eigenvalue weighted by Crippen LogP contribution is -2.12. The summed E-state index contributed by atoms with van der Waals surface area (Å²) in [5.41, 5.74) is 1.67. The zero-order valence-corrected chi connectivity index (χ0v) is 14.7. The van der Waals surface area contributed by atoms with Gasteiger partial charge in [-0.15, -0.1) is 0 Å². The molecular formula is C24H20O2. The molecule has 0 aliphatic heterocycles. The quantitative estimate of drug-likeness (QED) is 0.322. The summed E-state index contributed by atoms with van der Waals surface area (Å²) < 4.78 is 5.95. The Kier molecular flexibility index (Phi) is 4.40. The van der Waals surface area contributed by atoms with Gasteiger partial charge in [0.05, 0.1) is 5.56 Å². The van der Waals surface area contributed by atoms with E-state index in [2.05, 4.69) is 6.07 Å². The van der Waals surface area contributed by atoms with Gasteiger partial charge in [0.25, 0.3) is 0 Å². The van der Waals surface area contributed by atoms with E-state index in [-0.39, 0.29) is 12.1 Å². The molecule has 2 heteroatoms. The lowest BCUT2D eigenvalue weighted by molar-refractivity contribution is 0.0292. The molecule has 128 valence electrons. The highest BCUT2D eigenvalue weighted by Gasteiger charge is 2.20. The molecule has 0 amide bonds. The second-order valence-electron chi connectivity index (χ2n) is 6.41. The highest BCUT2D eigenvalue weighted by atomic mass is 16.5. The number of carbonyl (C=O) groups is 1. The highest BCUT2D eigenvalue weighted by Crippen LogP contribution is 2.31. The van der Waals surface area contributed by atoms with Gasteiger partial charge in [0.15, 0.2) is 0 Å². The summed E-state index contributed by atoms with van der Waals surface area (Å²) >= 11 is 0. The molecule has 2 nitrogen and oxygen atoms in total. The summed E-state index contributed by atoms with van der Waals surface area (Å²) in [6, 6.07) is 28.0. The summed E-state index contributed by atoms with van der Waals surface area (Å²) in [5.74, 6) is -0.270. The molecule has 0 aliphatic rings. The minimum Gasteiger partial charge on any atom is -0.454 e. The van der Waals surface area contributed by atoms with Crippen molar-refractivity contribution < 1.29 is 9.53 Å². The maximum Gasteiger partial charge on any atom is 0.340 e. The molecule has 4 aromatic carbocycles. The third-order valence-corrected chi connectivity index (χ3v) is 4.77. The second kappa shape index (κ2) is 7.01. The Labute approximate surface area is 153 Å². The molecule has 0 saturated heterocycles. The number of esters is 1. The highest BCUT2D eigenvalue weighted by molar-refractivity contribution is 6.16. The molecule has 1 unspecified atom stereocenters. The van der Waals surface area contributed by atoms with Gasteiger partial charge in [-0.3, -0.25) is 0 Å². The first kappa shape index (κ1) is 16.3. The van der Waals surface area contributed by atoms with Crippen molar-refractivity contribution in [2.24, 2.45) is 0 Å². The van der Waals surface area contributed by atoms with Crippen LogP contribution < -0.4 is 0 Å². The Balaban J connectivity index is 1.82. The molecule has 0 fully saturated rings. The van der Waals surface area contributed by atoms with Crippen LogP contribution in [0.15, 0.2) is 84.9 Å². The van der Waals surface area contributed by atoms with Crippen molar-refractivity contribution in [2.75, 3.05) is 0 Å². The maximum absolute atomic E-state index is 13.2. The standard InChI is InChI=1S/C24H20O2/c1-2-22(17-10-4-3-5-11-17)26-24(25)23-20-14-8-6-12-18(20)16-19-13-7-9-15-21(19)23/h3-16,22H,2H2,1H3. The zero-order chi connectivity index (χ0) is 17.9. The van der Waals surface area contributed by atoms with Crippen LogP contribution in [-0.4, -0.2) is 5.97 Å². The van der Waals surface area contributed by atoms with E-state index in [1.807, 2.05) is 85.8 Å². The number of hydrogen-bond acceptors (Lipinski definition) is 2. The largest absolute Gasteiger partial charge is 0.454 e. The zero-order valence-electron chi connectivity index (χ0n) is 14.7. The van der Waals surface area contributed by atoms with Crippen molar-refractivity contribution >= 4 is 27.5 Å². The van der Waals surface area contributed by atoms with E-state index in [1.165, 1.54) is 0 Å². The Morgan fingerprint density at radius 2 is 1.35 bits per heavy atom. The molecule has 0 radical (unpaired) electrons. The smallest absolute Gasteiger partial charge is 0.340 e. The average molecular weight is 340 g/mol. The lowest BCUT2D eigenvalue weighted by atomic mass is 9.96. The molecule has 0 spiro atoms. The van der Waals surface area contributed by atoms with Crippen LogP contribution in [0.3, 0.4) is 0 Å². The second-order valence-corrected chi connectivity index (χ2v) is 6.41. The van der Waals surface area contributed by atoms with Gasteiger partial charge >= 0.3 is 5.97 Å². The topological polar surface area (TPSA) is 26.3 Å². The molecule has 0 heterocycles. The normalized spacial score (nSPS) is 12.2. The van der Waals surface area contributed by atoms with E-state index in [4.69, 9.17) is 4.74 Å². The first-order valence-electron chi connectivity index (χ1n) is 8.94. The van der Waals surface area contributed by atoms with Crippen molar-refractivity contribution in [3.8, 4) is 0 Å². The number of ether oxygens (including phenoxy) is 1. The van der Waals surface area contributed by atoms with Gasteiger partial charge in [-0.2, -0.15) is 0 Å². The predicted molar refractivity (Wildman–Crippen MR) is 106 cm³/mol. The molecule has 4 rings (SSSR count). The molecule has 0 bridgehead atoms. The van der Waals surface area contributed by atoms with Crippen molar-refractivity contribution in [1.82, 2.24) is 0 Å². The summed E-state index contributed by atoms with van der Waals surface area (Å²) in [5, 5.41) is 3.95. The molecule has 1 atom stereocenters. The van der Waals surface area contributed by atoms with Crippen LogP contribution in [-0.2, 0) is 4.74 Å². The third-order valence-electron chi connectivity index (χ3n) is 4.77. The van der Waals surface area contributed by atoms with E-state index < -0.39 is 0 Å². The van der Waals surface area contributed by atoms with Crippen LogP contribution in [0.1, 0.15) is 35.4 Å². The maximum atomic E-state index is 13.2. The molecular weight excluding hydrogens is 320 g/mol. The van der Waals surface area contributed by atoms with Crippen LogP contribution in [0, 0.1) is 0 Å². The Morgan fingerprint density at radius 1 is 0.808 bits per heavy atom. The Morgan fingerprint density at radius 3 is 1.92 bits per heavy atom. The van der Waals surface area contributed by atoms with E-state index in [0.717, 1.165) is 33.5 Å². The molecule has 4 aromatic rings. The van der Waals surface area contributed by atoms with Crippen LogP contribution in [0.2, 0.25) is 0 Å². The van der Waals surface area contributed by atoms with Gasteiger partial charge < -0.3 is 4.74 Å². The third kappa shape index (κ3) is 2.95. The van der Waals surface area contributed by atoms with Crippen molar-refractivity contribution in [2.45, 2.75) is 19.4 Å². The fraction of sp³-hybridized carbons (Fsp3) is 0.125. The van der Waals surface area contributed by atoms with Crippen LogP contribution in [0.5, 0.6) is 0 Å². The van der Waals surface area contributed by atoms with E-state index >= 15 is 0 Å². The fourth-order valence-corrected chi connectivity index (χ4v) is 3.48. The summed E-state index contributed by atoms with van der Waals surface area (Å²) in [4.78, 5) is 13.2. The van der Waals surface area contributed by atoms with E-state index in [1.54, 1.807) is 0 Å². The number of carbonyl (C=O) groups excluding carboxylic acids is 1. The van der Waals surface area contributed by atoms with Crippen LogP contribution in [0.25, 0.3) is 21.5 Å². The predicted octanol–water partition coefficient (Wildman–Crippen LogP) is 6.30. The number of benzene rings is 4. The first-order valence-corrected chi connectivity index (χ1v) is 8.94. The number of rotatable bonds is 4. The average Bonchev–Trinajstić information content (AvgIpc) is 2.70. The van der Waals surface area contributed by atoms with Gasteiger partial charge in [0.1, 0.15) is 6.10 Å². The summed E-state index contributed by atoms with van der Waals surface area (Å²) in [6.07, 6.45) is 0.486. The SMILES string of the molecule is CCC(OC(=O)c1c2ccccc2cc2ccccc12)c1ccccc1. The monoisotopic (exact) mass is 340 g/mol. The van der Waals surface area contributed by atoms with Crippen molar-refractivity contribution in [3.05, 3.63) is 96.1 Å². The van der Waals surface area contributed by atoms with Crippen LogP contribution in [0.4, 0.5) is 0 Å². The molecule has 0 aliphatic carbocycles. The molecule has 0 saturated carbocycles. The van der Waals surface area contributed by atoms with Crippen molar-refractivity contribution in [1.29, 1.82) is 0 Å². The fourth-order valence-electron chi connectivity index (χ4n) is 3.48.